The first-order chi connectivity index (χ1) is 14.2. The van der Waals surface area contributed by atoms with E-state index in [1.165, 1.54) is 4.90 Å². The summed E-state index contributed by atoms with van der Waals surface area (Å²) in [4.78, 5) is 26.0. The van der Waals surface area contributed by atoms with E-state index in [2.05, 4.69) is 10.0 Å². The van der Waals surface area contributed by atoms with E-state index in [-0.39, 0.29) is 37.0 Å². The minimum absolute atomic E-state index is 0.0148. The van der Waals surface area contributed by atoms with E-state index in [0.29, 0.717) is 22.0 Å². The topological polar surface area (TPSA) is 105 Å². The summed E-state index contributed by atoms with van der Waals surface area (Å²) in [7, 11) is -3.69. The molecular weight excluding hydrogens is 430 g/mol. The van der Waals surface area contributed by atoms with Crippen LogP contribution in [-0.2, 0) is 19.6 Å². The molecule has 0 bridgehead atoms. The summed E-state index contributed by atoms with van der Waals surface area (Å²) in [6, 6.07) is 10.0. The standard InChI is InChI=1S/C20H22ClN3O5S/c1-13-3-4-14(2)18(9-13)30(27,28)23-8-7-22-19(25)11-24-16-10-15(21)5-6-17(16)29-12-20(24)26/h3-6,9-10,23H,7-8,11-12H2,1-2H3,(H,22,25). The van der Waals surface area contributed by atoms with Crippen LogP contribution in [-0.4, -0.2) is 46.5 Å². The summed E-state index contributed by atoms with van der Waals surface area (Å²) in [6.45, 7) is 3.23. The van der Waals surface area contributed by atoms with Gasteiger partial charge >= 0.3 is 0 Å². The van der Waals surface area contributed by atoms with Gasteiger partial charge in [-0.3, -0.25) is 14.5 Å². The molecule has 0 radical (unpaired) electrons. The highest BCUT2D eigenvalue weighted by atomic mass is 35.5. The van der Waals surface area contributed by atoms with Gasteiger partial charge in [0.05, 0.1) is 10.6 Å². The van der Waals surface area contributed by atoms with Crippen molar-refractivity contribution in [3.05, 3.63) is 52.5 Å². The average Bonchev–Trinajstić information content (AvgIpc) is 2.69. The van der Waals surface area contributed by atoms with Gasteiger partial charge in [0.1, 0.15) is 12.3 Å². The highest BCUT2D eigenvalue weighted by molar-refractivity contribution is 7.89. The Bertz CT molecular complexity index is 1090. The summed E-state index contributed by atoms with van der Waals surface area (Å²) in [5, 5.41) is 3.03. The SMILES string of the molecule is Cc1ccc(C)c(S(=O)(=O)NCCNC(=O)CN2C(=O)COc3ccc(Cl)cc32)c1. The first-order valence-corrected chi connectivity index (χ1v) is 11.1. The predicted molar refractivity (Wildman–Crippen MR) is 113 cm³/mol. The summed E-state index contributed by atoms with van der Waals surface area (Å²) < 4.78 is 32.8. The van der Waals surface area contributed by atoms with Crippen molar-refractivity contribution in [1.82, 2.24) is 10.0 Å². The summed E-state index contributed by atoms with van der Waals surface area (Å²) in [5.41, 5.74) is 1.90. The Morgan fingerprint density at radius 3 is 2.70 bits per heavy atom. The number of aryl methyl sites for hydroxylation is 2. The van der Waals surface area contributed by atoms with Crippen molar-refractivity contribution in [2.75, 3.05) is 31.1 Å². The maximum Gasteiger partial charge on any atom is 0.265 e. The van der Waals surface area contributed by atoms with Crippen LogP contribution >= 0.6 is 11.6 Å². The molecule has 1 aliphatic heterocycles. The van der Waals surface area contributed by atoms with Crippen LogP contribution in [0.5, 0.6) is 5.75 Å². The zero-order valence-electron chi connectivity index (χ0n) is 16.6. The van der Waals surface area contributed by atoms with Crippen LogP contribution in [0.15, 0.2) is 41.3 Å². The van der Waals surface area contributed by atoms with Crippen LogP contribution in [0.1, 0.15) is 11.1 Å². The van der Waals surface area contributed by atoms with E-state index in [4.69, 9.17) is 16.3 Å². The molecule has 160 valence electrons. The van der Waals surface area contributed by atoms with E-state index in [0.717, 1.165) is 5.56 Å². The van der Waals surface area contributed by atoms with E-state index in [1.807, 2.05) is 13.0 Å². The Hall–Kier alpha value is -2.62. The number of ether oxygens (including phenoxy) is 1. The van der Waals surface area contributed by atoms with Crippen LogP contribution in [0, 0.1) is 13.8 Å². The number of anilines is 1. The molecule has 3 rings (SSSR count). The molecule has 0 aromatic heterocycles. The maximum absolute atomic E-state index is 12.5. The quantitative estimate of drug-likeness (QED) is 0.624. The van der Waals surface area contributed by atoms with Crippen molar-refractivity contribution in [3.8, 4) is 5.75 Å². The van der Waals surface area contributed by atoms with Gasteiger partial charge in [-0.25, -0.2) is 13.1 Å². The van der Waals surface area contributed by atoms with E-state index < -0.39 is 15.9 Å². The lowest BCUT2D eigenvalue weighted by Crippen LogP contribution is -2.46. The molecule has 0 atom stereocenters. The zero-order valence-corrected chi connectivity index (χ0v) is 18.1. The molecule has 0 fully saturated rings. The molecule has 10 heteroatoms. The van der Waals surface area contributed by atoms with Crippen molar-refractivity contribution in [2.45, 2.75) is 18.7 Å². The number of sulfonamides is 1. The van der Waals surface area contributed by atoms with Gasteiger partial charge in [0.2, 0.25) is 15.9 Å². The molecule has 0 saturated heterocycles. The van der Waals surface area contributed by atoms with Crippen LogP contribution in [0.4, 0.5) is 5.69 Å². The molecule has 2 N–H and O–H groups in total. The fraction of sp³-hybridized carbons (Fsp3) is 0.300. The lowest BCUT2D eigenvalue weighted by Gasteiger charge is -2.29. The second-order valence-corrected chi connectivity index (χ2v) is 9.07. The number of hydrogen-bond acceptors (Lipinski definition) is 5. The summed E-state index contributed by atoms with van der Waals surface area (Å²) >= 11 is 5.98. The van der Waals surface area contributed by atoms with E-state index >= 15 is 0 Å². The number of nitrogens with one attached hydrogen (secondary N) is 2. The third-order valence-electron chi connectivity index (χ3n) is 4.54. The van der Waals surface area contributed by atoms with Crippen LogP contribution < -0.4 is 19.7 Å². The van der Waals surface area contributed by atoms with Gasteiger partial charge < -0.3 is 10.1 Å². The van der Waals surface area contributed by atoms with Gasteiger partial charge in [0, 0.05) is 18.1 Å². The van der Waals surface area contributed by atoms with Gasteiger partial charge in [0.15, 0.2) is 6.61 Å². The highest BCUT2D eigenvalue weighted by Crippen LogP contribution is 2.34. The Balaban J connectivity index is 1.55. The minimum Gasteiger partial charge on any atom is -0.482 e. The van der Waals surface area contributed by atoms with Gasteiger partial charge in [0.25, 0.3) is 5.91 Å². The lowest BCUT2D eigenvalue weighted by molar-refractivity contribution is -0.125. The molecule has 2 amide bonds. The molecule has 0 saturated carbocycles. The Morgan fingerprint density at radius 1 is 1.17 bits per heavy atom. The fourth-order valence-corrected chi connectivity index (χ4v) is 4.54. The number of fused-ring (bicyclic) bond motifs is 1. The molecule has 30 heavy (non-hydrogen) atoms. The zero-order chi connectivity index (χ0) is 21.9. The van der Waals surface area contributed by atoms with Gasteiger partial charge in [-0.1, -0.05) is 23.7 Å². The molecule has 8 nitrogen and oxygen atoms in total. The number of nitrogens with zero attached hydrogens (tertiary/aromatic N) is 1. The van der Waals surface area contributed by atoms with E-state index in [9.17, 15) is 18.0 Å². The average molecular weight is 452 g/mol. The number of benzene rings is 2. The number of hydrogen-bond donors (Lipinski definition) is 2. The first-order valence-electron chi connectivity index (χ1n) is 9.24. The molecular formula is C20H22ClN3O5S. The Labute approximate surface area is 180 Å². The third kappa shape index (κ3) is 5.10. The monoisotopic (exact) mass is 451 g/mol. The van der Waals surface area contributed by atoms with Crippen molar-refractivity contribution in [1.29, 1.82) is 0 Å². The molecule has 2 aromatic rings. The summed E-state index contributed by atoms with van der Waals surface area (Å²) in [6.07, 6.45) is 0. The van der Waals surface area contributed by atoms with Crippen LogP contribution in [0.3, 0.4) is 0 Å². The van der Waals surface area contributed by atoms with Crippen molar-refractivity contribution < 1.29 is 22.7 Å². The Kier molecular flexibility index (Phi) is 6.64. The van der Waals surface area contributed by atoms with Crippen LogP contribution in [0.2, 0.25) is 5.02 Å². The smallest absolute Gasteiger partial charge is 0.265 e. The van der Waals surface area contributed by atoms with Gasteiger partial charge in [-0.15, -0.1) is 0 Å². The van der Waals surface area contributed by atoms with Gasteiger partial charge in [-0.05, 0) is 49.2 Å². The molecule has 1 heterocycles. The second kappa shape index (κ2) is 9.03. The molecule has 0 spiro atoms. The first kappa shape index (κ1) is 22.1. The van der Waals surface area contributed by atoms with Crippen molar-refractivity contribution in [3.63, 3.8) is 0 Å². The van der Waals surface area contributed by atoms with Crippen LogP contribution in [0.25, 0.3) is 0 Å². The Morgan fingerprint density at radius 2 is 1.93 bits per heavy atom. The molecule has 0 aliphatic carbocycles. The molecule has 1 aliphatic rings. The fourth-order valence-electron chi connectivity index (χ4n) is 3.01. The predicted octanol–water partition coefficient (Wildman–Crippen LogP) is 1.78. The number of halogens is 1. The lowest BCUT2D eigenvalue weighted by atomic mass is 10.2. The second-order valence-electron chi connectivity index (χ2n) is 6.90. The van der Waals surface area contributed by atoms with Crippen molar-refractivity contribution >= 4 is 39.1 Å². The largest absolute Gasteiger partial charge is 0.482 e. The van der Waals surface area contributed by atoms with Gasteiger partial charge in [-0.2, -0.15) is 0 Å². The number of carbonyl (C=O) groups is 2. The minimum atomic E-state index is -3.69. The number of amides is 2. The maximum atomic E-state index is 12.5. The normalized spacial score (nSPS) is 13.6. The number of carbonyl (C=O) groups excluding carboxylic acids is 2. The van der Waals surface area contributed by atoms with Crippen molar-refractivity contribution in [2.24, 2.45) is 0 Å². The molecule has 2 aromatic carbocycles. The van der Waals surface area contributed by atoms with E-state index in [1.54, 1.807) is 37.3 Å². The summed E-state index contributed by atoms with van der Waals surface area (Å²) in [5.74, 6) is -0.328. The highest BCUT2D eigenvalue weighted by Gasteiger charge is 2.27. The number of rotatable bonds is 7. The third-order valence-corrected chi connectivity index (χ3v) is 6.38. The molecule has 0 unspecified atom stereocenters.